The number of nitrogens with one attached hydrogen (secondary N) is 1. The fraction of sp³-hybridized carbons (Fsp3) is 0.750. The van der Waals surface area contributed by atoms with Crippen LogP contribution >= 0.6 is 0 Å². The van der Waals surface area contributed by atoms with Crippen LogP contribution in [0.25, 0.3) is 5.57 Å². The number of carbonyl (C=O) groups is 1. The average Bonchev–Trinajstić information content (AvgIpc) is 3.41. The Labute approximate surface area is 314 Å². The molecule has 8 heteroatoms. The molecule has 2 heterocycles. The van der Waals surface area contributed by atoms with Crippen molar-refractivity contribution in [3.63, 3.8) is 0 Å². The molecule has 0 amide bonds. The normalized spacial score (nSPS) is 42.1. The van der Waals surface area contributed by atoms with E-state index in [2.05, 4.69) is 64.4 Å². The first kappa shape index (κ1) is 36.9. The van der Waals surface area contributed by atoms with Crippen molar-refractivity contribution >= 4 is 21.6 Å². The second kappa shape index (κ2) is 12.0. The summed E-state index contributed by atoms with van der Waals surface area (Å²) in [5, 5.41) is 13.8. The predicted octanol–water partition coefficient (Wildman–Crippen LogP) is 7.95. The summed E-state index contributed by atoms with van der Waals surface area (Å²) >= 11 is 0. The number of carboxylic acid groups (broad SMARTS) is 1. The number of nitrogens with zero attached hydrogens (tertiary/aromatic N) is 2. The van der Waals surface area contributed by atoms with E-state index in [0.717, 1.165) is 32.6 Å². The summed E-state index contributed by atoms with van der Waals surface area (Å²) in [5.74, 6) is 2.31. The van der Waals surface area contributed by atoms with Crippen molar-refractivity contribution in [3.8, 4) is 0 Å². The van der Waals surface area contributed by atoms with Gasteiger partial charge >= 0.3 is 5.97 Å². The lowest BCUT2D eigenvalue weighted by atomic mass is 9.33. The first-order chi connectivity index (χ1) is 24.3. The number of benzene rings is 1. The number of allylic oxidation sites excluding steroid dienone is 3. The molecule has 9 atom stereocenters. The standard InChI is InChI=1S/C44H65N3O4S/c1-29(2)32-15-20-44(45-23-24-46-25-43(26-46)27-47(28-43)52(8,50)51)22-21-41(6)34(37(32)44)13-14-36-40(5)18-16-33(30-9-11-31(12-10-30)38(48)49)39(3,4)35(40)17-19-42(36,41)7/h9-12,16,32,34-37,45H,1,13-15,17-28H2,2-8H3,(H,48,49)/t32-,34+,35-,36+,37+,40-,41+,42+,44-/m0/s1. The lowest BCUT2D eigenvalue weighted by Gasteiger charge is -2.72. The molecule has 6 fully saturated rings. The highest BCUT2D eigenvalue weighted by Crippen LogP contribution is 2.76. The van der Waals surface area contributed by atoms with Gasteiger partial charge in [0.05, 0.1) is 11.8 Å². The van der Waals surface area contributed by atoms with Crippen molar-refractivity contribution < 1.29 is 18.3 Å². The summed E-state index contributed by atoms with van der Waals surface area (Å²) in [6, 6.07) is 7.60. The van der Waals surface area contributed by atoms with Crippen LogP contribution < -0.4 is 5.32 Å². The predicted molar refractivity (Wildman–Crippen MR) is 209 cm³/mol. The first-order valence-electron chi connectivity index (χ1n) is 20.4. The van der Waals surface area contributed by atoms with Crippen LogP contribution in [0, 0.1) is 56.7 Å². The number of likely N-dealkylation sites (tertiary alicyclic amines) is 1. The van der Waals surface area contributed by atoms with E-state index in [1.54, 1.807) is 16.4 Å². The minimum absolute atomic E-state index is 0.0147. The minimum atomic E-state index is -3.07. The molecule has 4 saturated carbocycles. The Balaban J connectivity index is 1.00. The summed E-state index contributed by atoms with van der Waals surface area (Å²) in [6.45, 7) is 25.4. The van der Waals surface area contributed by atoms with Crippen LogP contribution in [-0.4, -0.2) is 79.8 Å². The zero-order valence-corrected chi connectivity index (χ0v) is 33.9. The van der Waals surface area contributed by atoms with E-state index in [-0.39, 0.29) is 32.6 Å². The number of rotatable bonds is 8. The van der Waals surface area contributed by atoms with Gasteiger partial charge in [-0.2, -0.15) is 0 Å². The van der Waals surface area contributed by atoms with Crippen LogP contribution in [0.5, 0.6) is 0 Å². The van der Waals surface area contributed by atoms with Gasteiger partial charge in [0.25, 0.3) is 0 Å². The number of aromatic carboxylic acids is 1. The van der Waals surface area contributed by atoms with Gasteiger partial charge < -0.3 is 15.3 Å². The first-order valence-corrected chi connectivity index (χ1v) is 22.3. The number of hydrogen-bond acceptors (Lipinski definition) is 5. The summed E-state index contributed by atoms with van der Waals surface area (Å²) in [4.78, 5) is 14.1. The van der Waals surface area contributed by atoms with E-state index in [1.165, 1.54) is 74.3 Å². The van der Waals surface area contributed by atoms with E-state index < -0.39 is 16.0 Å². The average molecular weight is 732 g/mol. The maximum atomic E-state index is 11.9. The molecule has 1 aromatic rings. The molecule has 2 saturated heterocycles. The lowest BCUT2D eigenvalue weighted by Crippen LogP contribution is -2.73. The molecule has 52 heavy (non-hydrogen) atoms. The number of sulfonamides is 1. The molecule has 7 nitrogen and oxygen atoms in total. The van der Waals surface area contributed by atoms with Crippen molar-refractivity contribution in [3.05, 3.63) is 53.6 Å². The highest BCUT2D eigenvalue weighted by atomic mass is 32.2. The molecule has 0 bridgehead atoms. The Bertz CT molecular complexity index is 1770. The van der Waals surface area contributed by atoms with Crippen LogP contribution in [0.2, 0.25) is 0 Å². The SMILES string of the molecule is C=C(C)[C@@H]1CC[C@]2(NCCN3CC4(C3)CN(S(C)(=O)=O)C4)CC[C@]3(C)[C@H](CC[C@@H]4[C@@]5(C)CC=C(c6ccc(C(=O)O)cc6)C(C)(C)[C@@H]5CC[C@]43C)[C@@H]12. The topological polar surface area (TPSA) is 90.0 Å². The molecule has 2 aliphatic heterocycles. The van der Waals surface area contributed by atoms with Crippen LogP contribution in [-0.2, 0) is 10.0 Å². The van der Waals surface area contributed by atoms with E-state index in [9.17, 15) is 18.3 Å². The Morgan fingerprint density at radius 2 is 1.60 bits per heavy atom. The smallest absolute Gasteiger partial charge is 0.335 e. The summed E-state index contributed by atoms with van der Waals surface area (Å²) < 4.78 is 25.5. The largest absolute Gasteiger partial charge is 0.478 e. The minimum Gasteiger partial charge on any atom is -0.478 e. The maximum Gasteiger partial charge on any atom is 0.335 e. The third kappa shape index (κ3) is 5.26. The number of hydrogen-bond donors (Lipinski definition) is 2. The van der Waals surface area contributed by atoms with Crippen LogP contribution in [0.4, 0.5) is 0 Å². The Hall–Kier alpha value is -2.00. The second-order valence-electron chi connectivity index (χ2n) is 20.4. The van der Waals surface area contributed by atoms with Gasteiger partial charge in [-0.3, -0.25) is 0 Å². The van der Waals surface area contributed by atoms with Crippen LogP contribution in [0.15, 0.2) is 42.5 Å². The monoisotopic (exact) mass is 731 g/mol. The van der Waals surface area contributed by atoms with Gasteiger partial charge in [-0.05, 0) is 139 Å². The van der Waals surface area contributed by atoms with Crippen molar-refractivity contribution in [2.75, 3.05) is 45.5 Å². The molecular weight excluding hydrogens is 667 g/mol. The molecule has 286 valence electrons. The summed E-state index contributed by atoms with van der Waals surface area (Å²) in [6.07, 6.45) is 15.2. The third-order valence-corrected chi connectivity index (χ3v) is 18.8. The second-order valence-corrected chi connectivity index (χ2v) is 22.4. The molecular formula is C44H65N3O4S. The number of fused-ring (bicyclic) bond motifs is 7. The number of carboxylic acids is 1. The Morgan fingerprint density at radius 3 is 2.23 bits per heavy atom. The van der Waals surface area contributed by atoms with E-state index in [0.29, 0.717) is 48.2 Å². The van der Waals surface area contributed by atoms with E-state index >= 15 is 0 Å². The zero-order chi connectivity index (χ0) is 37.3. The van der Waals surface area contributed by atoms with E-state index in [4.69, 9.17) is 0 Å². The Morgan fingerprint density at radius 1 is 0.904 bits per heavy atom. The van der Waals surface area contributed by atoms with E-state index in [1.807, 2.05) is 12.1 Å². The van der Waals surface area contributed by atoms with Crippen LogP contribution in [0.3, 0.4) is 0 Å². The molecule has 0 radical (unpaired) electrons. The molecule has 1 aromatic carbocycles. The molecule has 8 rings (SSSR count). The van der Waals surface area contributed by atoms with Gasteiger partial charge in [-0.1, -0.05) is 65.0 Å². The fourth-order valence-electron chi connectivity index (χ4n) is 15.0. The molecule has 5 aliphatic carbocycles. The summed E-state index contributed by atoms with van der Waals surface area (Å²) in [7, 11) is -3.07. The molecule has 2 N–H and O–H groups in total. The van der Waals surface area contributed by atoms with Gasteiger partial charge in [0, 0.05) is 50.2 Å². The quantitative estimate of drug-likeness (QED) is 0.264. The fourth-order valence-corrected chi connectivity index (χ4v) is 16.0. The highest BCUT2D eigenvalue weighted by molar-refractivity contribution is 7.88. The Kier molecular flexibility index (Phi) is 8.53. The van der Waals surface area contributed by atoms with Crippen molar-refractivity contribution in [2.24, 2.45) is 56.7 Å². The molecule has 1 spiro atoms. The zero-order valence-electron chi connectivity index (χ0n) is 33.1. The molecule has 0 unspecified atom stereocenters. The van der Waals surface area contributed by atoms with Gasteiger partial charge in [0.15, 0.2) is 0 Å². The van der Waals surface area contributed by atoms with Gasteiger partial charge in [0.2, 0.25) is 10.0 Å². The summed E-state index contributed by atoms with van der Waals surface area (Å²) in [5.41, 5.74) is 5.52. The van der Waals surface area contributed by atoms with Crippen molar-refractivity contribution in [1.29, 1.82) is 0 Å². The van der Waals surface area contributed by atoms with Crippen molar-refractivity contribution in [2.45, 2.75) is 105 Å². The third-order valence-electron chi connectivity index (χ3n) is 17.6. The van der Waals surface area contributed by atoms with Gasteiger partial charge in [-0.15, -0.1) is 0 Å². The molecule has 7 aliphatic rings. The molecule has 0 aromatic heterocycles. The maximum absolute atomic E-state index is 11.9. The van der Waals surface area contributed by atoms with Crippen molar-refractivity contribution in [1.82, 2.24) is 14.5 Å². The highest BCUT2D eigenvalue weighted by Gasteiger charge is 2.70. The van der Waals surface area contributed by atoms with Crippen LogP contribution in [0.1, 0.15) is 115 Å². The van der Waals surface area contributed by atoms with Gasteiger partial charge in [0.1, 0.15) is 0 Å². The lowest BCUT2D eigenvalue weighted by molar-refractivity contribution is -0.219. The van der Waals surface area contributed by atoms with Gasteiger partial charge in [-0.25, -0.2) is 17.5 Å².